The van der Waals surface area contributed by atoms with Crippen molar-refractivity contribution < 1.29 is 5.11 Å². The number of aliphatic hydroxyl groups is 1. The lowest BCUT2D eigenvalue weighted by atomic mass is 9.53. The zero-order valence-electron chi connectivity index (χ0n) is 15.3. The van der Waals surface area contributed by atoms with Gasteiger partial charge < -0.3 is 5.11 Å². The molecule has 6 atom stereocenters. The van der Waals surface area contributed by atoms with Crippen molar-refractivity contribution >= 4 is 0 Å². The van der Waals surface area contributed by atoms with Gasteiger partial charge >= 0.3 is 0 Å². The lowest BCUT2D eigenvalue weighted by Gasteiger charge is -2.52. The second-order valence-corrected chi connectivity index (χ2v) is 9.40. The van der Waals surface area contributed by atoms with Gasteiger partial charge in [-0.2, -0.15) is 0 Å². The van der Waals surface area contributed by atoms with Crippen LogP contribution >= 0.6 is 0 Å². The smallest absolute Gasteiger partial charge is 0.0580 e. The number of hydrogen-bond acceptors (Lipinski definition) is 1. The highest BCUT2D eigenvalue weighted by Gasteiger charge is 2.54. The fourth-order valence-corrected chi connectivity index (χ4v) is 7.22. The standard InChI is InChI=1S/C22H36O/c1-3-4-5-16-7-11-21-20-9-6-15-14-17(23)8-10-18(15)19(20)12-13-22(16,21)2/h16-17,19-21,23H,3-14H2,1-2H3. The van der Waals surface area contributed by atoms with Crippen LogP contribution in [0.1, 0.15) is 90.9 Å². The van der Waals surface area contributed by atoms with Crippen molar-refractivity contribution in [2.24, 2.45) is 29.1 Å². The molecule has 0 aromatic rings. The number of unbranched alkanes of at least 4 members (excludes halogenated alkanes) is 1. The maximum atomic E-state index is 10.0. The van der Waals surface area contributed by atoms with Gasteiger partial charge in [0.05, 0.1) is 6.10 Å². The molecule has 0 aromatic carbocycles. The number of rotatable bonds is 3. The van der Waals surface area contributed by atoms with Crippen LogP contribution in [0.4, 0.5) is 0 Å². The molecule has 0 heterocycles. The summed E-state index contributed by atoms with van der Waals surface area (Å²) in [6, 6.07) is 0. The summed E-state index contributed by atoms with van der Waals surface area (Å²) in [5.74, 6) is 3.89. The lowest BCUT2D eigenvalue weighted by molar-refractivity contribution is 0.00804. The van der Waals surface area contributed by atoms with Gasteiger partial charge in [0, 0.05) is 0 Å². The summed E-state index contributed by atoms with van der Waals surface area (Å²) >= 11 is 0. The van der Waals surface area contributed by atoms with Crippen LogP contribution in [0.5, 0.6) is 0 Å². The first-order valence-corrected chi connectivity index (χ1v) is 10.5. The van der Waals surface area contributed by atoms with Gasteiger partial charge in [0.15, 0.2) is 0 Å². The molecule has 2 fully saturated rings. The van der Waals surface area contributed by atoms with Crippen LogP contribution in [0, 0.1) is 29.1 Å². The van der Waals surface area contributed by atoms with Crippen LogP contribution in [0.3, 0.4) is 0 Å². The molecule has 0 aromatic heterocycles. The summed E-state index contributed by atoms with van der Waals surface area (Å²) in [4.78, 5) is 0. The van der Waals surface area contributed by atoms with E-state index in [9.17, 15) is 5.11 Å². The van der Waals surface area contributed by atoms with Gasteiger partial charge in [-0.3, -0.25) is 0 Å². The first kappa shape index (κ1) is 16.2. The highest BCUT2D eigenvalue weighted by molar-refractivity contribution is 5.27. The third-order valence-electron chi connectivity index (χ3n) is 8.45. The van der Waals surface area contributed by atoms with Crippen molar-refractivity contribution in [1.29, 1.82) is 0 Å². The molecule has 23 heavy (non-hydrogen) atoms. The van der Waals surface area contributed by atoms with E-state index in [-0.39, 0.29) is 6.10 Å². The van der Waals surface area contributed by atoms with E-state index in [1.54, 1.807) is 5.57 Å². The second kappa shape index (κ2) is 6.21. The molecular formula is C22H36O. The predicted octanol–water partition coefficient (Wildman–Crippen LogP) is 5.87. The Hall–Kier alpha value is -0.300. The molecule has 4 aliphatic rings. The van der Waals surface area contributed by atoms with Crippen LogP contribution in [-0.4, -0.2) is 11.2 Å². The minimum absolute atomic E-state index is 0.0379. The quantitative estimate of drug-likeness (QED) is 0.645. The fraction of sp³-hybridized carbons (Fsp3) is 0.909. The number of aliphatic hydroxyl groups excluding tert-OH is 1. The van der Waals surface area contributed by atoms with Crippen LogP contribution in [-0.2, 0) is 0 Å². The van der Waals surface area contributed by atoms with Gasteiger partial charge in [0.2, 0.25) is 0 Å². The molecule has 0 aliphatic heterocycles. The van der Waals surface area contributed by atoms with Gasteiger partial charge in [-0.1, -0.05) is 37.8 Å². The van der Waals surface area contributed by atoms with Crippen LogP contribution in [0.25, 0.3) is 0 Å². The Morgan fingerprint density at radius 3 is 2.78 bits per heavy atom. The van der Waals surface area contributed by atoms with E-state index in [1.165, 1.54) is 64.2 Å². The molecule has 0 amide bonds. The molecule has 6 unspecified atom stereocenters. The van der Waals surface area contributed by atoms with E-state index in [4.69, 9.17) is 0 Å². The molecule has 2 saturated carbocycles. The van der Waals surface area contributed by atoms with Crippen LogP contribution < -0.4 is 0 Å². The maximum Gasteiger partial charge on any atom is 0.0580 e. The average molecular weight is 317 g/mol. The van der Waals surface area contributed by atoms with Crippen LogP contribution in [0.2, 0.25) is 0 Å². The van der Waals surface area contributed by atoms with Gasteiger partial charge in [0.1, 0.15) is 0 Å². The summed E-state index contributed by atoms with van der Waals surface area (Å²) in [5.41, 5.74) is 4.16. The highest BCUT2D eigenvalue weighted by Crippen LogP contribution is 2.63. The SMILES string of the molecule is CCCCC1CCC2C3CCC4=C(CCC(O)C4)C3CCC12C. The van der Waals surface area contributed by atoms with E-state index in [0.29, 0.717) is 5.41 Å². The monoisotopic (exact) mass is 316 g/mol. The largest absolute Gasteiger partial charge is 0.393 e. The number of fused-ring (bicyclic) bond motifs is 4. The van der Waals surface area contributed by atoms with Crippen molar-refractivity contribution in [3.05, 3.63) is 11.1 Å². The normalized spacial score (nSPS) is 46.3. The molecule has 0 radical (unpaired) electrons. The second-order valence-electron chi connectivity index (χ2n) is 9.40. The first-order valence-electron chi connectivity index (χ1n) is 10.5. The summed E-state index contributed by atoms with van der Waals surface area (Å²) in [6.45, 7) is 5.01. The molecule has 1 heteroatoms. The zero-order chi connectivity index (χ0) is 16.0. The summed E-state index contributed by atoms with van der Waals surface area (Å²) in [6.07, 6.45) is 16.2. The minimum atomic E-state index is -0.0379. The van der Waals surface area contributed by atoms with Crippen molar-refractivity contribution in [3.8, 4) is 0 Å². The van der Waals surface area contributed by atoms with E-state index < -0.39 is 0 Å². The molecule has 0 spiro atoms. The zero-order valence-corrected chi connectivity index (χ0v) is 15.3. The minimum Gasteiger partial charge on any atom is -0.393 e. The van der Waals surface area contributed by atoms with E-state index in [2.05, 4.69) is 13.8 Å². The van der Waals surface area contributed by atoms with E-state index in [0.717, 1.165) is 36.5 Å². The Labute approximate surface area is 142 Å². The van der Waals surface area contributed by atoms with Crippen molar-refractivity contribution in [2.75, 3.05) is 0 Å². The molecule has 130 valence electrons. The Morgan fingerprint density at radius 1 is 1.09 bits per heavy atom. The predicted molar refractivity (Wildman–Crippen MR) is 96.2 cm³/mol. The first-order chi connectivity index (χ1) is 11.1. The molecule has 0 bridgehead atoms. The number of allylic oxidation sites excluding steroid dienone is 1. The highest BCUT2D eigenvalue weighted by atomic mass is 16.3. The maximum absolute atomic E-state index is 10.0. The molecule has 4 aliphatic carbocycles. The Morgan fingerprint density at radius 2 is 1.96 bits per heavy atom. The summed E-state index contributed by atoms with van der Waals surface area (Å²) in [7, 11) is 0. The third kappa shape index (κ3) is 2.62. The Kier molecular flexibility index (Phi) is 4.37. The topological polar surface area (TPSA) is 20.2 Å². The van der Waals surface area contributed by atoms with Gasteiger partial charge in [-0.25, -0.2) is 0 Å². The molecular weight excluding hydrogens is 280 g/mol. The Balaban J connectivity index is 1.54. The molecule has 4 rings (SSSR count). The molecule has 1 N–H and O–H groups in total. The number of hydrogen-bond donors (Lipinski definition) is 1. The van der Waals surface area contributed by atoms with E-state index >= 15 is 0 Å². The van der Waals surface area contributed by atoms with Crippen molar-refractivity contribution in [1.82, 2.24) is 0 Å². The van der Waals surface area contributed by atoms with Gasteiger partial charge in [-0.15, -0.1) is 0 Å². The molecule has 0 saturated heterocycles. The summed E-state index contributed by atoms with van der Waals surface area (Å²) in [5, 5.41) is 10.0. The van der Waals surface area contributed by atoms with Crippen molar-refractivity contribution in [2.45, 2.75) is 97.0 Å². The Bertz CT molecular complexity index is 478. The van der Waals surface area contributed by atoms with Gasteiger partial charge in [-0.05, 0) is 93.3 Å². The third-order valence-corrected chi connectivity index (χ3v) is 8.45. The van der Waals surface area contributed by atoms with E-state index in [1.807, 2.05) is 5.57 Å². The van der Waals surface area contributed by atoms with Crippen molar-refractivity contribution in [3.63, 3.8) is 0 Å². The molecule has 1 nitrogen and oxygen atoms in total. The van der Waals surface area contributed by atoms with Gasteiger partial charge in [0.25, 0.3) is 0 Å². The van der Waals surface area contributed by atoms with Crippen LogP contribution in [0.15, 0.2) is 11.1 Å². The lowest BCUT2D eigenvalue weighted by Crippen LogP contribution is -2.44. The summed E-state index contributed by atoms with van der Waals surface area (Å²) < 4.78 is 0. The average Bonchev–Trinajstić information content (AvgIpc) is 2.89. The fourth-order valence-electron chi connectivity index (χ4n) is 7.22.